The van der Waals surface area contributed by atoms with Crippen LogP contribution in [0.2, 0.25) is 0 Å². The van der Waals surface area contributed by atoms with Crippen molar-refractivity contribution in [3.05, 3.63) is 45.5 Å². The summed E-state index contributed by atoms with van der Waals surface area (Å²) in [5.41, 5.74) is 0.729. The Morgan fingerprint density at radius 3 is 2.55 bits per heavy atom. The van der Waals surface area contributed by atoms with Gasteiger partial charge in [0, 0.05) is 18.8 Å². The molecule has 2 bridgehead atoms. The molecule has 0 aliphatic carbocycles. The third-order valence-electron chi connectivity index (χ3n) is 4.30. The summed E-state index contributed by atoms with van der Waals surface area (Å²) in [6.07, 6.45) is 0.255. The lowest BCUT2D eigenvalue weighted by Crippen LogP contribution is -2.49. The molecule has 3 atom stereocenters. The van der Waals surface area contributed by atoms with Gasteiger partial charge < -0.3 is 20.1 Å². The van der Waals surface area contributed by atoms with Gasteiger partial charge in [0.25, 0.3) is 0 Å². The smallest absolute Gasteiger partial charge is 0.383 e. The number of esters is 1. The summed E-state index contributed by atoms with van der Waals surface area (Å²) in [5, 5.41) is 16.2. The van der Waals surface area contributed by atoms with Gasteiger partial charge in [0.1, 0.15) is 0 Å². The average molecular weight is 425 g/mol. The monoisotopic (exact) mass is 425 g/mol. The van der Waals surface area contributed by atoms with Crippen molar-refractivity contribution in [2.75, 3.05) is 20.2 Å². The van der Waals surface area contributed by atoms with E-state index in [-0.39, 0.29) is 22.5 Å². The first kappa shape index (κ1) is 22.6. The number of nitrogens with zero attached hydrogens (tertiary/aromatic N) is 1. The van der Waals surface area contributed by atoms with Crippen LogP contribution in [-0.4, -0.2) is 53.6 Å². The number of carbonyl (C=O) groups excluding carboxylic acids is 3. The molecule has 0 radical (unpaired) electrons. The fourth-order valence-corrected chi connectivity index (χ4v) is 3.69. The Bertz CT molecular complexity index is 748. The van der Waals surface area contributed by atoms with Crippen molar-refractivity contribution in [3.8, 4) is 0 Å². The SMILES string of the molecule is CCOC(=O)SC1CCC(C(=O)NC)NC1.O=C1OC([N+](=O)[O-])c2ccc1cc2. The lowest BCUT2D eigenvalue weighted by molar-refractivity contribution is -0.574. The molecule has 10 nitrogen and oxygen atoms in total. The highest BCUT2D eigenvalue weighted by Gasteiger charge is 2.31. The van der Waals surface area contributed by atoms with Crippen LogP contribution >= 0.6 is 11.8 Å². The molecule has 1 amide bonds. The van der Waals surface area contributed by atoms with Gasteiger partial charge in [0.15, 0.2) is 0 Å². The molecule has 1 saturated heterocycles. The Morgan fingerprint density at radius 2 is 2.03 bits per heavy atom. The van der Waals surface area contributed by atoms with Crippen LogP contribution < -0.4 is 10.6 Å². The van der Waals surface area contributed by atoms with E-state index in [9.17, 15) is 24.5 Å². The van der Waals surface area contributed by atoms with E-state index < -0.39 is 17.1 Å². The lowest BCUT2D eigenvalue weighted by atomic mass is 10.0. The molecule has 29 heavy (non-hydrogen) atoms. The first-order valence-electron chi connectivity index (χ1n) is 9.08. The first-order chi connectivity index (χ1) is 13.8. The number of carbonyl (C=O) groups is 3. The molecule has 0 aromatic heterocycles. The molecule has 4 rings (SSSR count). The summed E-state index contributed by atoms with van der Waals surface area (Å²) in [7, 11) is 1.63. The second kappa shape index (κ2) is 10.8. The number of ether oxygens (including phenoxy) is 2. The molecule has 1 aromatic carbocycles. The second-order valence-corrected chi connectivity index (χ2v) is 7.48. The Kier molecular flexibility index (Phi) is 8.40. The first-order valence-corrected chi connectivity index (χ1v) is 9.96. The van der Waals surface area contributed by atoms with Crippen LogP contribution in [0.3, 0.4) is 0 Å². The summed E-state index contributed by atoms with van der Waals surface area (Å²) in [5.74, 6) is -0.638. The van der Waals surface area contributed by atoms with E-state index in [2.05, 4.69) is 15.4 Å². The van der Waals surface area contributed by atoms with Crippen molar-refractivity contribution in [2.24, 2.45) is 0 Å². The van der Waals surface area contributed by atoms with E-state index in [4.69, 9.17) is 4.74 Å². The maximum Gasteiger partial charge on any atom is 0.383 e. The topological polar surface area (TPSA) is 137 Å². The summed E-state index contributed by atoms with van der Waals surface area (Å²) in [6.45, 7) is 2.87. The number of piperidine rings is 1. The van der Waals surface area contributed by atoms with Gasteiger partial charge in [-0.05, 0) is 55.8 Å². The number of hydrogen-bond acceptors (Lipinski definition) is 9. The van der Waals surface area contributed by atoms with Crippen molar-refractivity contribution in [2.45, 2.75) is 37.3 Å². The maximum atomic E-state index is 11.3. The Labute approximate surface area is 171 Å². The van der Waals surface area contributed by atoms with Crippen molar-refractivity contribution >= 4 is 28.9 Å². The number of hydrogen-bond donors (Lipinski definition) is 2. The number of benzene rings is 1. The van der Waals surface area contributed by atoms with E-state index in [0.717, 1.165) is 12.8 Å². The number of amides is 1. The zero-order valence-corrected chi connectivity index (χ0v) is 16.9. The fourth-order valence-electron chi connectivity index (χ4n) is 2.80. The number of nitro groups is 1. The van der Waals surface area contributed by atoms with E-state index in [0.29, 0.717) is 24.3 Å². The second-order valence-electron chi connectivity index (χ2n) is 6.24. The highest BCUT2D eigenvalue weighted by atomic mass is 32.2. The van der Waals surface area contributed by atoms with Gasteiger partial charge in [-0.1, -0.05) is 0 Å². The van der Waals surface area contributed by atoms with Crippen molar-refractivity contribution in [1.82, 2.24) is 10.6 Å². The van der Waals surface area contributed by atoms with Crippen LogP contribution in [0.25, 0.3) is 0 Å². The molecule has 11 heteroatoms. The number of fused-ring (bicyclic) bond motifs is 4. The highest BCUT2D eigenvalue weighted by Crippen LogP contribution is 2.24. The van der Waals surface area contributed by atoms with Crippen molar-refractivity contribution in [3.63, 3.8) is 0 Å². The van der Waals surface area contributed by atoms with E-state index >= 15 is 0 Å². The summed E-state index contributed by atoms with van der Waals surface area (Å²) >= 11 is 1.21. The van der Waals surface area contributed by atoms with Crippen molar-refractivity contribution in [1.29, 1.82) is 0 Å². The largest absolute Gasteiger partial charge is 0.458 e. The maximum absolute atomic E-state index is 11.3. The summed E-state index contributed by atoms with van der Waals surface area (Å²) in [4.78, 5) is 43.5. The van der Waals surface area contributed by atoms with Crippen LogP contribution in [0.1, 0.15) is 41.9 Å². The Hall–Kier alpha value is -2.66. The van der Waals surface area contributed by atoms with Gasteiger partial charge in [-0.15, -0.1) is 0 Å². The molecular formula is C18H23N3O7S. The number of likely N-dealkylation sites (N-methyl/N-ethyl adjacent to an activating group) is 1. The molecule has 1 fully saturated rings. The number of rotatable bonds is 4. The summed E-state index contributed by atoms with van der Waals surface area (Å²) < 4.78 is 9.48. The van der Waals surface area contributed by atoms with Crippen LogP contribution in [0, 0.1) is 10.1 Å². The minimum absolute atomic E-state index is 0.0135. The molecule has 1 aromatic rings. The van der Waals surface area contributed by atoms with Gasteiger partial charge >= 0.3 is 17.5 Å². The van der Waals surface area contributed by atoms with Crippen LogP contribution in [0.15, 0.2) is 24.3 Å². The van der Waals surface area contributed by atoms with E-state index in [1.54, 1.807) is 14.0 Å². The normalized spacial score (nSPS) is 22.4. The van der Waals surface area contributed by atoms with Gasteiger partial charge in [0.2, 0.25) is 5.91 Å². The predicted molar refractivity (Wildman–Crippen MR) is 105 cm³/mol. The minimum Gasteiger partial charge on any atom is -0.458 e. The molecule has 2 N–H and O–H groups in total. The Morgan fingerprint density at radius 1 is 1.34 bits per heavy atom. The van der Waals surface area contributed by atoms with E-state index in [1.165, 1.54) is 36.0 Å². The Balaban J connectivity index is 0.000000211. The van der Waals surface area contributed by atoms with Crippen LogP contribution in [-0.2, 0) is 14.3 Å². The molecule has 3 aliphatic rings. The van der Waals surface area contributed by atoms with Crippen molar-refractivity contribution < 1.29 is 28.8 Å². The molecule has 158 valence electrons. The standard InChI is InChI=1S/C10H18N2O3S.C8H5NO4/c1-3-15-10(14)16-7-4-5-8(12-6-7)9(13)11-2;10-8-6-3-1-5(2-4-6)7(13-8)9(11)12/h7-8,12H,3-6H2,1-2H3,(H,11,13);1-4,7H. The van der Waals surface area contributed by atoms with Crippen LogP contribution in [0.4, 0.5) is 4.79 Å². The third kappa shape index (κ3) is 6.43. The quantitative estimate of drug-likeness (QED) is 0.421. The third-order valence-corrected chi connectivity index (χ3v) is 5.34. The van der Waals surface area contributed by atoms with Gasteiger partial charge in [0.05, 0.1) is 28.7 Å². The molecular weight excluding hydrogens is 402 g/mol. The average Bonchev–Trinajstić information content (AvgIpc) is 2.97. The molecule has 0 saturated carbocycles. The highest BCUT2D eigenvalue weighted by molar-refractivity contribution is 8.13. The molecule has 3 aliphatic heterocycles. The lowest BCUT2D eigenvalue weighted by Gasteiger charge is -2.27. The van der Waals surface area contributed by atoms with Crippen LogP contribution in [0.5, 0.6) is 0 Å². The molecule has 3 unspecified atom stereocenters. The summed E-state index contributed by atoms with van der Waals surface area (Å²) in [6, 6.07) is 5.95. The minimum atomic E-state index is -1.36. The molecule has 3 heterocycles. The number of thioether (sulfide) groups is 1. The molecule has 0 spiro atoms. The van der Waals surface area contributed by atoms with Gasteiger partial charge in [-0.3, -0.25) is 14.9 Å². The van der Waals surface area contributed by atoms with Gasteiger partial charge in [-0.2, -0.15) is 0 Å². The predicted octanol–water partition coefficient (Wildman–Crippen LogP) is 1.87. The fraction of sp³-hybridized carbons (Fsp3) is 0.500. The zero-order chi connectivity index (χ0) is 21.4. The van der Waals surface area contributed by atoms with E-state index in [1.807, 2.05) is 0 Å². The van der Waals surface area contributed by atoms with Gasteiger partial charge in [-0.25, -0.2) is 9.59 Å². The number of nitrogens with one attached hydrogen (secondary N) is 2. The zero-order valence-electron chi connectivity index (χ0n) is 16.1.